The van der Waals surface area contributed by atoms with Crippen LogP contribution in [0.2, 0.25) is 0 Å². The Balaban J connectivity index is 1.49. The molecule has 1 amide bonds. The van der Waals surface area contributed by atoms with E-state index in [-0.39, 0.29) is 5.91 Å². The van der Waals surface area contributed by atoms with Crippen molar-refractivity contribution in [3.05, 3.63) is 47.0 Å². The van der Waals surface area contributed by atoms with Gasteiger partial charge in [0.05, 0.1) is 5.69 Å². The lowest BCUT2D eigenvalue weighted by atomic mass is 10.1. The van der Waals surface area contributed by atoms with E-state index in [1.807, 2.05) is 30.3 Å². The molecular weight excluding hydrogens is 322 g/mol. The number of methoxy groups -OCH3 is 1. The molecule has 0 bridgehead atoms. The first-order valence-corrected chi connectivity index (χ1v) is 9.20. The molecule has 5 nitrogen and oxygen atoms in total. The molecule has 2 aromatic rings. The highest BCUT2D eigenvalue weighted by molar-refractivity contribution is 7.13. The quantitative estimate of drug-likeness (QED) is 0.838. The molecule has 1 aliphatic rings. The molecule has 1 atom stereocenters. The molecule has 1 saturated heterocycles. The summed E-state index contributed by atoms with van der Waals surface area (Å²) in [7, 11) is 1.56. The highest BCUT2D eigenvalue weighted by Crippen LogP contribution is 2.24. The minimum atomic E-state index is -0.568. The Morgan fingerprint density at radius 2 is 2.08 bits per heavy atom. The lowest BCUT2D eigenvalue weighted by Crippen LogP contribution is -2.32. The Morgan fingerprint density at radius 3 is 2.79 bits per heavy atom. The second kappa shape index (κ2) is 8.26. The lowest BCUT2D eigenvalue weighted by Gasteiger charge is -2.15. The number of hydrogen-bond acceptors (Lipinski definition) is 5. The minimum Gasteiger partial charge on any atom is -0.367 e. The maximum atomic E-state index is 12.3. The Bertz CT molecular complexity index is 653. The number of carbonyl (C=O) groups is 1. The molecule has 128 valence electrons. The number of carbonyl (C=O) groups excluding carboxylic acids is 1. The number of thiazole rings is 1. The molecule has 0 saturated carbocycles. The number of hydrogen-bond donors (Lipinski definition) is 1. The highest BCUT2D eigenvalue weighted by atomic mass is 32.1. The fraction of sp³-hybridized carbons (Fsp3) is 0.444. The van der Waals surface area contributed by atoms with Crippen LogP contribution in [-0.4, -0.2) is 37.6 Å². The normalized spacial score (nSPS) is 15.5. The van der Waals surface area contributed by atoms with Gasteiger partial charge in [-0.3, -0.25) is 4.79 Å². The third kappa shape index (κ3) is 4.13. The Hall–Kier alpha value is -1.92. The van der Waals surface area contributed by atoms with Crippen molar-refractivity contribution in [1.29, 1.82) is 0 Å². The number of aromatic nitrogens is 1. The third-order valence-corrected chi connectivity index (χ3v) is 5.12. The summed E-state index contributed by atoms with van der Waals surface area (Å²) in [6.07, 6.45) is 2.68. The molecular formula is C18H23N3O2S. The highest BCUT2D eigenvalue weighted by Gasteiger charge is 2.19. The summed E-state index contributed by atoms with van der Waals surface area (Å²) in [5, 5.41) is 6.14. The fourth-order valence-corrected chi connectivity index (χ4v) is 3.81. The van der Waals surface area contributed by atoms with Crippen LogP contribution in [0.15, 0.2) is 35.7 Å². The van der Waals surface area contributed by atoms with Gasteiger partial charge in [-0.05, 0) is 18.4 Å². The average molecular weight is 345 g/mol. The molecule has 6 heteroatoms. The van der Waals surface area contributed by atoms with Gasteiger partial charge in [0.25, 0.3) is 5.91 Å². The van der Waals surface area contributed by atoms with Gasteiger partial charge < -0.3 is 15.0 Å². The van der Waals surface area contributed by atoms with Gasteiger partial charge in [-0.25, -0.2) is 4.98 Å². The smallest absolute Gasteiger partial charge is 0.253 e. The Morgan fingerprint density at radius 1 is 1.33 bits per heavy atom. The van der Waals surface area contributed by atoms with Crippen molar-refractivity contribution in [3.63, 3.8) is 0 Å². The maximum absolute atomic E-state index is 12.3. The minimum absolute atomic E-state index is 0.112. The van der Waals surface area contributed by atoms with Gasteiger partial charge >= 0.3 is 0 Å². The number of nitrogens with zero attached hydrogens (tertiary/aromatic N) is 2. The molecule has 24 heavy (non-hydrogen) atoms. The summed E-state index contributed by atoms with van der Waals surface area (Å²) in [4.78, 5) is 19.3. The first-order valence-electron chi connectivity index (χ1n) is 8.32. The van der Waals surface area contributed by atoms with E-state index in [1.165, 1.54) is 12.8 Å². The van der Waals surface area contributed by atoms with Crippen LogP contribution in [-0.2, 0) is 16.0 Å². The standard InChI is InChI=1S/C18H23N3O2S/c1-23-16(14-7-3-2-4-8-14)17(22)19-10-9-15-13-24-18(20-15)21-11-5-6-12-21/h2-4,7-8,13,16H,5-6,9-12H2,1H3,(H,19,22). The van der Waals surface area contributed by atoms with Gasteiger partial charge in [0.1, 0.15) is 0 Å². The van der Waals surface area contributed by atoms with Gasteiger partial charge in [-0.2, -0.15) is 0 Å². The predicted molar refractivity (Wildman–Crippen MR) is 96.5 cm³/mol. The van der Waals surface area contributed by atoms with Crippen LogP contribution in [0.25, 0.3) is 0 Å². The summed E-state index contributed by atoms with van der Waals surface area (Å²) in [6, 6.07) is 9.54. The number of rotatable bonds is 7. The first kappa shape index (κ1) is 16.9. The molecule has 3 rings (SSSR count). The van der Waals surface area contributed by atoms with E-state index < -0.39 is 6.10 Å². The zero-order valence-electron chi connectivity index (χ0n) is 13.9. The molecule has 1 aromatic heterocycles. The van der Waals surface area contributed by atoms with E-state index in [0.717, 1.165) is 35.9 Å². The Kier molecular flexibility index (Phi) is 5.82. The Labute approximate surface area is 146 Å². The van der Waals surface area contributed by atoms with Crippen molar-refractivity contribution in [1.82, 2.24) is 10.3 Å². The molecule has 2 heterocycles. The second-order valence-corrected chi connectivity index (χ2v) is 6.72. The SMILES string of the molecule is COC(C(=O)NCCc1csc(N2CCCC2)n1)c1ccccc1. The number of benzene rings is 1. The molecule has 0 aliphatic carbocycles. The number of nitrogens with one attached hydrogen (secondary N) is 1. The topological polar surface area (TPSA) is 54.5 Å². The van der Waals surface area contributed by atoms with Gasteiger partial charge in [0, 0.05) is 38.5 Å². The van der Waals surface area contributed by atoms with Crippen LogP contribution in [0.5, 0.6) is 0 Å². The zero-order chi connectivity index (χ0) is 16.8. The fourth-order valence-electron chi connectivity index (χ4n) is 2.89. The van der Waals surface area contributed by atoms with E-state index in [9.17, 15) is 4.79 Å². The van der Waals surface area contributed by atoms with Crippen molar-refractivity contribution in [2.24, 2.45) is 0 Å². The number of ether oxygens (including phenoxy) is 1. The molecule has 1 fully saturated rings. The van der Waals surface area contributed by atoms with Gasteiger partial charge in [-0.15, -0.1) is 11.3 Å². The van der Waals surface area contributed by atoms with Gasteiger partial charge in [-0.1, -0.05) is 30.3 Å². The number of anilines is 1. The van der Waals surface area contributed by atoms with E-state index in [2.05, 4.69) is 20.6 Å². The van der Waals surface area contributed by atoms with Crippen molar-refractivity contribution < 1.29 is 9.53 Å². The van der Waals surface area contributed by atoms with Crippen LogP contribution in [0.3, 0.4) is 0 Å². The summed E-state index contributed by atoms with van der Waals surface area (Å²) in [5.41, 5.74) is 1.90. The maximum Gasteiger partial charge on any atom is 0.253 e. The lowest BCUT2D eigenvalue weighted by molar-refractivity contribution is -0.131. The number of amides is 1. The van der Waals surface area contributed by atoms with Crippen molar-refractivity contribution in [2.45, 2.75) is 25.4 Å². The largest absolute Gasteiger partial charge is 0.367 e. The summed E-state index contributed by atoms with van der Waals surface area (Å²) in [6.45, 7) is 2.78. The van der Waals surface area contributed by atoms with Crippen LogP contribution >= 0.6 is 11.3 Å². The van der Waals surface area contributed by atoms with Crippen LogP contribution in [0, 0.1) is 0 Å². The first-order chi connectivity index (χ1) is 11.8. The van der Waals surface area contributed by atoms with Crippen molar-refractivity contribution in [3.8, 4) is 0 Å². The van der Waals surface area contributed by atoms with Crippen LogP contribution in [0.4, 0.5) is 5.13 Å². The molecule has 0 radical (unpaired) electrons. The summed E-state index contributed by atoms with van der Waals surface area (Å²) >= 11 is 1.69. The van der Waals surface area contributed by atoms with E-state index >= 15 is 0 Å². The van der Waals surface area contributed by atoms with E-state index in [4.69, 9.17) is 4.74 Å². The molecule has 1 aliphatic heterocycles. The average Bonchev–Trinajstić information content (AvgIpc) is 3.28. The van der Waals surface area contributed by atoms with Crippen LogP contribution < -0.4 is 10.2 Å². The molecule has 1 unspecified atom stereocenters. The monoisotopic (exact) mass is 345 g/mol. The van der Waals surface area contributed by atoms with Gasteiger partial charge in [0.15, 0.2) is 11.2 Å². The van der Waals surface area contributed by atoms with E-state index in [0.29, 0.717) is 6.54 Å². The van der Waals surface area contributed by atoms with E-state index in [1.54, 1.807) is 18.4 Å². The summed E-state index contributed by atoms with van der Waals surface area (Å²) in [5.74, 6) is -0.112. The molecule has 1 aromatic carbocycles. The zero-order valence-corrected chi connectivity index (χ0v) is 14.7. The summed E-state index contributed by atoms with van der Waals surface area (Å²) < 4.78 is 5.34. The van der Waals surface area contributed by atoms with Gasteiger partial charge in [0.2, 0.25) is 0 Å². The predicted octanol–water partition coefficient (Wildman–Crippen LogP) is 2.79. The molecule has 0 spiro atoms. The van der Waals surface area contributed by atoms with Crippen molar-refractivity contribution in [2.75, 3.05) is 31.6 Å². The van der Waals surface area contributed by atoms with Crippen molar-refractivity contribution >= 4 is 22.4 Å². The third-order valence-electron chi connectivity index (χ3n) is 4.17. The molecule has 1 N–H and O–H groups in total. The van der Waals surface area contributed by atoms with Crippen LogP contribution in [0.1, 0.15) is 30.2 Å². The second-order valence-electron chi connectivity index (χ2n) is 5.88.